The first-order valence-electron chi connectivity index (χ1n) is 12.1. The average molecular weight is 562 g/mol. The molecule has 8 nitrogen and oxygen atoms in total. The lowest BCUT2D eigenvalue weighted by Crippen LogP contribution is -2.29. The highest BCUT2D eigenvalue weighted by atomic mass is 35.5. The van der Waals surface area contributed by atoms with Crippen LogP contribution in [0, 0.1) is 17.6 Å². The molecule has 12 heteroatoms. The molecule has 1 fully saturated rings. The number of nitrogens with two attached hydrogens (primary N) is 1. The number of aromatic nitrogens is 3. The maximum absolute atomic E-state index is 14.7. The Morgan fingerprint density at radius 1 is 1.13 bits per heavy atom. The summed E-state index contributed by atoms with van der Waals surface area (Å²) in [4.78, 5) is 8.72. The molecule has 2 heterocycles. The second-order valence-electron chi connectivity index (χ2n) is 9.39. The Labute approximate surface area is 223 Å². The van der Waals surface area contributed by atoms with Crippen LogP contribution in [0.25, 0.3) is 16.9 Å². The third kappa shape index (κ3) is 5.05. The number of halogens is 3. The summed E-state index contributed by atoms with van der Waals surface area (Å²) in [5.41, 5.74) is 7.10. The lowest BCUT2D eigenvalue weighted by atomic mass is 9.88. The Hall–Kier alpha value is -3.28. The van der Waals surface area contributed by atoms with Crippen LogP contribution in [0.5, 0.6) is 5.75 Å². The van der Waals surface area contributed by atoms with E-state index in [-0.39, 0.29) is 38.9 Å². The van der Waals surface area contributed by atoms with E-state index < -0.39 is 21.5 Å². The molecule has 2 aromatic heterocycles. The van der Waals surface area contributed by atoms with Gasteiger partial charge in [-0.1, -0.05) is 11.6 Å². The Morgan fingerprint density at radius 3 is 2.61 bits per heavy atom. The molecule has 0 bridgehead atoms. The molecule has 3 N–H and O–H groups in total. The highest BCUT2D eigenvalue weighted by Crippen LogP contribution is 2.34. The van der Waals surface area contributed by atoms with Crippen LogP contribution in [0.2, 0.25) is 5.02 Å². The molecule has 2 aromatic carbocycles. The van der Waals surface area contributed by atoms with E-state index in [1.54, 1.807) is 16.7 Å². The summed E-state index contributed by atoms with van der Waals surface area (Å²) >= 11 is 6.41. The summed E-state index contributed by atoms with van der Waals surface area (Å²) in [7, 11) is -2.32. The van der Waals surface area contributed by atoms with Gasteiger partial charge in [0, 0.05) is 29.7 Å². The number of hydrogen-bond acceptors (Lipinski definition) is 7. The summed E-state index contributed by atoms with van der Waals surface area (Å²) in [5.74, 6) is -1.94. The van der Waals surface area contributed by atoms with Crippen molar-refractivity contribution in [3.8, 4) is 17.0 Å². The van der Waals surface area contributed by atoms with Crippen LogP contribution < -0.4 is 15.8 Å². The van der Waals surface area contributed by atoms with Gasteiger partial charge in [0.25, 0.3) is 0 Å². The molecule has 38 heavy (non-hydrogen) atoms. The quantitative estimate of drug-likeness (QED) is 0.312. The van der Waals surface area contributed by atoms with E-state index in [0.717, 1.165) is 25.7 Å². The number of rotatable bonds is 7. The second-order valence-corrected chi connectivity index (χ2v) is 11.8. The van der Waals surface area contributed by atoms with Gasteiger partial charge >= 0.3 is 0 Å². The van der Waals surface area contributed by atoms with Crippen molar-refractivity contribution in [3.05, 3.63) is 65.6 Å². The van der Waals surface area contributed by atoms with E-state index in [9.17, 15) is 17.2 Å². The Balaban J connectivity index is 1.40. The number of nitrogens with zero attached hydrogens (tertiary/aromatic N) is 3. The fraction of sp³-hybridized carbons (Fsp3) is 0.308. The third-order valence-corrected chi connectivity index (χ3v) is 9.21. The molecular formula is C26H26ClF2N5O3S. The highest BCUT2D eigenvalue weighted by Gasteiger charge is 2.27. The van der Waals surface area contributed by atoms with E-state index in [0.29, 0.717) is 22.8 Å². The summed E-state index contributed by atoms with van der Waals surface area (Å²) in [6, 6.07) is 7.48. The predicted octanol–water partition coefficient (Wildman–Crippen LogP) is 5.37. The molecule has 5 rings (SSSR count). The molecule has 0 amide bonds. The minimum Gasteiger partial charge on any atom is -0.494 e. The molecule has 1 aliphatic carbocycles. The van der Waals surface area contributed by atoms with Gasteiger partial charge in [-0.05, 0) is 61.9 Å². The average Bonchev–Trinajstić information content (AvgIpc) is 3.32. The summed E-state index contributed by atoms with van der Waals surface area (Å²) in [6.45, 7) is 0. The first-order chi connectivity index (χ1) is 18.2. The van der Waals surface area contributed by atoms with Crippen LogP contribution in [-0.4, -0.2) is 41.7 Å². The fourth-order valence-corrected chi connectivity index (χ4v) is 7.11. The lowest BCUT2D eigenvalue weighted by Gasteiger charge is -2.25. The maximum Gasteiger partial charge on any atom is 0.201 e. The number of hydrogen-bond donors (Lipinski definition) is 2. The number of methoxy groups -OCH3 is 1. The molecule has 0 atom stereocenters. The zero-order chi connectivity index (χ0) is 27.0. The Kier molecular flexibility index (Phi) is 7.26. The SMILES string of the molecule is COc1ccc(-c2cnc3c(Nc4ccc(S(=O)(=O)CC5CCC(N)CC5)c(Cl)c4)nccn23)c(F)c1F. The van der Waals surface area contributed by atoms with Crippen LogP contribution in [0.15, 0.2) is 53.8 Å². The minimum absolute atomic E-state index is 0.00510. The van der Waals surface area contributed by atoms with E-state index in [4.69, 9.17) is 22.1 Å². The molecule has 0 aliphatic heterocycles. The second kappa shape index (κ2) is 10.5. The van der Waals surface area contributed by atoms with Gasteiger partial charge in [-0.15, -0.1) is 0 Å². The summed E-state index contributed by atoms with van der Waals surface area (Å²) < 4.78 is 61.5. The number of sulfone groups is 1. The Morgan fingerprint density at radius 2 is 1.89 bits per heavy atom. The first-order valence-corrected chi connectivity index (χ1v) is 14.1. The van der Waals surface area contributed by atoms with Crippen molar-refractivity contribution in [3.63, 3.8) is 0 Å². The molecule has 1 saturated carbocycles. The number of fused-ring (bicyclic) bond motifs is 1. The van der Waals surface area contributed by atoms with E-state index in [1.165, 1.54) is 43.8 Å². The summed E-state index contributed by atoms with van der Waals surface area (Å²) in [6.07, 6.45) is 7.68. The monoisotopic (exact) mass is 561 g/mol. The van der Waals surface area contributed by atoms with Gasteiger partial charge in [0.05, 0.1) is 34.7 Å². The fourth-order valence-electron chi connectivity index (χ4n) is 4.82. The third-order valence-electron chi connectivity index (χ3n) is 6.85. The molecule has 0 saturated heterocycles. The molecule has 200 valence electrons. The molecule has 0 radical (unpaired) electrons. The van der Waals surface area contributed by atoms with E-state index in [1.807, 2.05) is 0 Å². The zero-order valence-corrected chi connectivity index (χ0v) is 22.1. The normalized spacial score (nSPS) is 18.0. The largest absolute Gasteiger partial charge is 0.494 e. The van der Waals surface area contributed by atoms with Gasteiger partial charge in [-0.3, -0.25) is 4.40 Å². The van der Waals surface area contributed by atoms with Gasteiger partial charge in [-0.2, -0.15) is 4.39 Å². The molecule has 0 spiro atoms. The van der Waals surface area contributed by atoms with E-state index >= 15 is 0 Å². The van der Waals surface area contributed by atoms with Crippen molar-refractivity contribution < 1.29 is 21.9 Å². The number of imidazole rings is 1. The van der Waals surface area contributed by atoms with E-state index in [2.05, 4.69) is 15.3 Å². The molecule has 4 aromatic rings. The van der Waals surface area contributed by atoms with Crippen molar-refractivity contribution in [2.45, 2.75) is 36.6 Å². The number of anilines is 2. The highest BCUT2D eigenvalue weighted by molar-refractivity contribution is 7.91. The smallest absolute Gasteiger partial charge is 0.201 e. The first kappa shape index (κ1) is 26.3. The number of benzene rings is 2. The van der Waals surface area contributed by atoms with Crippen molar-refractivity contribution in [1.82, 2.24) is 14.4 Å². The van der Waals surface area contributed by atoms with Crippen molar-refractivity contribution in [2.75, 3.05) is 18.2 Å². The van der Waals surface area contributed by atoms with Gasteiger partial charge in [0.1, 0.15) is 0 Å². The van der Waals surface area contributed by atoms with Gasteiger partial charge in [-0.25, -0.2) is 22.8 Å². The summed E-state index contributed by atoms with van der Waals surface area (Å²) in [5, 5.41) is 3.18. The van der Waals surface area contributed by atoms with Gasteiger partial charge < -0.3 is 15.8 Å². The predicted molar refractivity (Wildman–Crippen MR) is 142 cm³/mol. The molecule has 0 unspecified atom stereocenters. The van der Waals surface area contributed by atoms with Gasteiger partial charge in [0.2, 0.25) is 5.82 Å². The van der Waals surface area contributed by atoms with Crippen molar-refractivity contribution in [2.24, 2.45) is 11.7 Å². The molecule has 1 aliphatic rings. The topological polar surface area (TPSA) is 112 Å². The number of ether oxygens (including phenoxy) is 1. The Bertz CT molecular complexity index is 1600. The minimum atomic E-state index is -3.58. The van der Waals surface area contributed by atoms with Crippen LogP contribution in [0.3, 0.4) is 0 Å². The standard InChI is InChI=1S/C26H26ClF2N5O3S/c1-37-21-8-7-18(23(28)24(21)29)20-13-32-26-25(31-10-11-34(20)26)33-17-6-9-22(19(27)12-17)38(35,36)14-15-2-4-16(30)5-3-15/h6-13,15-16H,2-5,14,30H2,1H3,(H,31,33). The zero-order valence-electron chi connectivity index (χ0n) is 20.5. The van der Waals surface area contributed by atoms with Crippen LogP contribution in [-0.2, 0) is 9.84 Å². The van der Waals surface area contributed by atoms with Crippen LogP contribution in [0.1, 0.15) is 25.7 Å². The lowest BCUT2D eigenvalue weighted by molar-refractivity contribution is 0.348. The maximum atomic E-state index is 14.7. The van der Waals surface area contributed by atoms with Crippen molar-refractivity contribution in [1.29, 1.82) is 0 Å². The van der Waals surface area contributed by atoms with Crippen LogP contribution in [0.4, 0.5) is 20.3 Å². The number of nitrogens with one attached hydrogen (secondary N) is 1. The molecular weight excluding hydrogens is 536 g/mol. The van der Waals surface area contributed by atoms with Gasteiger partial charge in [0.15, 0.2) is 32.9 Å². The van der Waals surface area contributed by atoms with Crippen molar-refractivity contribution >= 4 is 38.6 Å². The van der Waals surface area contributed by atoms with Crippen LogP contribution >= 0.6 is 11.6 Å².